The second-order valence-electron chi connectivity index (χ2n) is 5.62. The minimum atomic E-state index is 0.0179. The van der Waals surface area contributed by atoms with Crippen LogP contribution in [0.2, 0.25) is 0 Å². The van der Waals surface area contributed by atoms with Crippen LogP contribution in [0.15, 0.2) is 18.5 Å². The number of hydrogen-bond donors (Lipinski definition) is 1. The summed E-state index contributed by atoms with van der Waals surface area (Å²) in [5.74, 6) is 6.36. The van der Waals surface area contributed by atoms with Crippen molar-refractivity contribution in [2.75, 3.05) is 20.1 Å². The highest BCUT2D eigenvalue weighted by atomic mass is 16.2. The highest BCUT2D eigenvalue weighted by molar-refractivity contribution is 5.96. The van der Waals surface area contributed by atoms with E-state index in [1.807, 2.05) is 11.9 Å². The van der Waals surface area contributed by atoms with Gasteiger partial charge in [-0.05, 0) is 24.8 Å². The van der Waals surface area contributed by atoms with Gasteiger partial charge in [-0.3, -0.25) is 9.78 Å². The third kappa shape index (κ3) is 4.30. The molecule has 1 aliphatic carbocycles. The lowest BCUT2D eigenvalue weighted by molar-refractivity contribution is 0.0760. The summed E-state index contributed by atoms with van der Waals surface area (Å²) in [6.45, 7) is 1.10. The second kappa shape index (κ2) is 7.80. The number of carbonyl (C=O) groups is 1. The zero-order valence-electron chi connectivity index (χ0n) is 12.6. The maximum absolute atomic E-state index is 12.6. The molecule has 0 unspecified atom stereocenters. The molecule has 0 aliphatic heterocycles. The average Bonchev–Trinajstić information content (AvgIpc) is 2.53. The topological polar surface area (TPSA) is 59.2 Å². The zero-order valence-corrected chi connectivity index (χ0v) is 12.6. The van der Waals surface area contributed by atoms with Gasteiger partial charge in [-0.2, -0.15) is 0 Å². The molecular weight excluding hydrogens is 262 g/mol. The van der Waals surface area contributed by atoms with Crippen molar-refractivity contribution in [1.29, 1.82) is 0 Å². The molecule has 4 heteroatoms. The summed E-state index contributed by atoms with van der Waals surface area (Å²) < 4.78 is 0. The number of aromatic nitrogens is 1. The summed E-state index contributed by atoms with van der Waals surface area (Å²) in [5.41, 5.74) is 6.67. The van der Waals surface area contributed by atoms with E-state index in [1.165, 1.54) is 32.1 Å². The quantitative estimate of drug-likeness (QED) is 0.865. The van der Waals surface area contributed by atoms with E-state index in [0.717, 1.165) is 6.54 Å². The molecule has 4 nitrogen and oxygen atoms in total. The van der Waals surface area contributed by atoms with E-state index in [4.69, 9.17) is 5.73 Å². The number of nitrogens with two attached hydrogens (primary N) is 1. The molecule has 0 saturated heterocycles. The largest absolute Gasteiger partial charge is 0.341 e. The van der Waals surface area contributed by atoms with Gasteiger partial charge in [0.25, 0.3) is 5.91 Å². The van der Waals surface area contributed by atoms with Crippen LogP contribution in [0.3, 0.4) is 0 Å². The smallest absolute Gasteiger partial charge is 0.254 e. The minimum absolute atomic E-state index is 0.0179. The SMILES string of the molecule is CN(CC1CCCCC1)C(=O)c1ccncc1C#CCN. The summed E-state index contributed by atoms with van der Waals surface area (Å²) in [5, 5.41) is 0. The second-order valence-corrected chi connectivity index (χ2v) is 5.62. The highest BCUT2D eigenvalue weighted by Crippen LogP contribution is 2.24. The summed E-state index contributed by atoms with van der Waals surface area (Å²) in [4.78, 5) is 18.5. The van der Waals surface area contributed by atoms with Crippen molar-refractivity contribution in [1.82, 2.24) is 9.88 Å². The van der Waals surface area contributed by atoms with Gasteiger partial charge in [-0.25, -0.2) is 0 Å². The number of hydrogen-bond acceptors (Lipinski definition) is 3. The Balaban J connectivity index is 2.08. The third-order valence-corrected chi connectivity index (χ3v) is 3.98. The van der Waals surface area contributed by atoms with Crippen LogP contribution in [-0.4, -0.2) is 35.9 Å². The molecule has 1 saturated carbocycles. The van der Waals surface area contributed by atoms with Crippen molar-refractivity contribution in [3.63, 3.8) is 0 Å². The van der Waals surface area contributed by atoms with Crippen LogP contribution in [0.4, 0.5) is 0 Å². The molecule has 1 aromatic rings. The zero-order chi connectivity index (χ0) is 15.1. The van der Waals surface area contributed by atoms with Gasteiger partial charge >= 0.3 is 0 Å². The Morgan fingerprint density at radius 3 is 2.90 bits per heavy atom. The number of pyridine rings is 1. The molecule has 0 atom stereocenters. The van der Waals surface area contributed by atoms with Crippen molar-refractivity contribution in [3.05, 3.63) is 29.6 Å². The third-order valence-electron chi connectivity index (χ3n) is 3.98. The van der Waals surface area contributed by atoms with E-state index in [0.29, 0.717) is 17.0 Å². The lowest BCUT2D eigenvalue weighted by atomic mass is 9.89. The highest BCUT2D eigenvalue weighted by Gasteiger charge is 2.20. The van der Waals surface area contributed by atoms with Gasteiger partial charge < -0.3 is 10.6 Å². The molecule has 0 bridgehead atoms. The molecule has 0 radical (unpaired) electrons. The number of nitrogens with zero attached hydrogens (tertiary/aromatic N) is 2. The maximum atomic E-state index is 12.6. The Morgan fingerprint density at radius 1 is 1.43 bits per heavy atom. The first-order valence-electron chi connectivity index (χ1n) is 7.60. The predicted octanol–water partition coefficient (Wildman–Crippen LogP) is 2.04. The van der Waals surface area contributed by atoms with Crippen LogP contribution in [0.1, 0.15) is 48.0 Å². The molecule has 1 aromatic heterocycles. The van der Waals surface area contributed by atoms with Gasteiger partial charge in [-0.15, -0.1) is 0 Å². The first-order chi connectivity index (χ1) is 10.2. The number of amides is 1. The van der Waals surface area contributed by atoms with Gasteiger partial charge in [0.15, 0.2) is 0 Å². The maximum Gasteiger partial charge on any atom is 0.254 e. The lowest BCUT2D eigenvalue weighted by Crippen LogP contribution is -2.33. The fraction of sp³-hybridized carbons (Fsp3) is 0.529. The normalized spacial score (nSPS) is 15.1. The molecule has 112 valence electrons. The average molecular weight is 285 g/mol. The van der Waals surface area contributed by atoms with E-state index in [1.54, 1.807) is 18.5 Å². The van der Waals surface area contributed by atoms with Crippen molar-refractivity contribution in [2.24, 2.45) is 11.7 Å². The minimum Gasteiger partial charge on any atom is -0.341 e. The molecule has 1 fully saturated rings. The van der Waals surface area contributed by atoms with Crippen LogP contribution in [0.5, 0.6) is 0 Å². The van der Waals surface area contributed by atoms with E-state index < -0.39 is 0 Å². The summed E-state index contributed by atoms with van der Waals surface area (Å²) in [7, 11) is 1.87. The van der Waals surface area contributed by atoms with Crippen molar-refractivity contribution < 1.29 is 4.79 Å². The first kappa shape index (κ1) is 15.5. The van der Waals surface area contributed by atoms with Gasteiger partial charge in [0.1, 0.15) is 0 Å². The fourth-order valence-corrected chi connectivity index (χ4v) is 2.87. The molecule has 2 N–H and O–H groups in total. The molecule has 0 aromatic carbocycles. The Bertz CT molecular complexity index is 538. The van der Waals surface area contributed by atoms with Crippen LogP contribution in [-0.2, 0) is 0 Å². The Labute approximate surface area is 126 Å². The van der Waals surface area contributed by atoms with E-state index in [-0.39, 0.29) is 12.5 Å². The van der Waals surface area contributed by atoms with Gasteiger partial charge in [-0.1, -0.05) is 31.1 Å². The van der Waals surface area contributed by atoms with E-state index in [9.17, 15) is 4.79 Å². The van der Waals surface area contributed by atoms with Crippen LogP contribution in [0.25, 0.3) is 0 Å². The summed E-state index contributed by atoms with van der Waals surface area (Å²) in [6.07, 6.45) is 9.63. The van der Waals surface area contributed by atoms with Crippen LogP contribution < -0.4 is 5.73 Å². The van der Waals surface area contributed by atoms with Crippen molar-refractivity contribution in [2.45, 2.75) is 32.1 Å². The Morgan fingerprint density at radius 2 is 2.19 bits per heavy atom. The Hall–Kier alpha value is -1.86. The molecule has 2 rings (SSSR count). The predicted molar refractivity (Wildman–Crippen MR) is 83.7 cm³/mol. The molecule has 1 heterocycles. The van der Waals surface area contributed by atoms with Crippen LogP contribution >= 0.6 is 0 Å². The van der Waals surface area contributed by atoms with Gasteiger partial charge in [0.2, 0.25) is 0 Å². The van der Waals surface area contributed by atoms with Gasteiger partial charge in [0, 0.05) is 26.0 Å². The first-order valence-corrected chi connectivity index (χ1v) is 7.60. The summed E-state index contributed by atoms with van der Waals surface area (Å²) in [6, 6.07) is 1.74. The molecule has 1 amide bonds. The van der Waals surface area contributed by atoms with Crippen molar-refractivity contribution in [3.8, 4) is 11.8 Å². The van der Waals surface area contributed by atoms with E-state index in [2.05, 4.69) is 16.8 Å². The lowest BCUT2D eigenvalue weighted by Gasteiger charge is -2.27. The standard InChI is InChI=1S/C17H23N3O/c1-20(13-14-6-3-2-4-7-14)17(21)16-9-11-19-12-15(16)8-5-10-18/h9,11-12,14H,2-4,6-7,10,13,18H2,1H3. The summed E-state index contributed by atoms with van der Waals surface area (Å²) >= 11 is 0. The monoisotopic (exact) mass is 285 g/mol. The molecular formula is C17H23N3O. The fourth-order valence-electron chi connectivity index (χ4n) is 2.87. The van der Waals surface area contributed by atoms with Crippen LogP contribution in [0, 0.1) is 17.8 Å². The number of rotatable bonds is 3. The Kier molecular flexibility index (Phi) is 5.77. The van der Waals surface area contributed by atoms with E-state index >= 15 is 0 Å². The number of carbonyl (C=O) groups excluding carboxylic acids is 1. The van der Waals surface area contributed by atoms with Gasteiger partial charge in [0.05, 0.1) is 17.7 Å². The molecule has 1 aliphatic rings. The molecule has 21 heavy (non-hydrogen) atoms. The molecule has 0 spiro atoms. The van der Waals surface area contributed by atoms with Crippen molar-refractivity contribution >= 4 is 5.91 Å².